The number of nitrogens with two attached hydrogens (primary N) is 1. The van der Waals surface area contributed by atoms with Crippen molar-refractivity contribution in [1.29, 1.82) is 10.5 Å². The van der Waals surface area contributed by atoms with Crippen LogP contribution in [0.15, 0.2) is 35.9 Å². The van der Waals surface area contributed by atoms with Gasteiger partial charge in [0.15, 0.2) is 0 Å². The van der Waals surface area contributed by atoms with E-state index < -0.39 is 0 Å². The van der Waals surface area contributed by atoms with Gasteiger partial charge >= 0.3 is 5.97 Å². The fraction of sp³-hybridized carbons (Fsp3) is 0.214. The molecule has 7 heteroatoms. The van der Waals surface area contributed by atoms with Crippen LogP contribution in [0.2, 0.25) is 0 Å². The molecule has 0 amide bonds. The van der Waals surface area contributed by atoms with Crippen molar-refractivity contribution in [2.75, 3.05) is 12.3 Å². The van der Waals surface area contributed by atoms with Crippen LogP contribution in [0.4, 0.5) is 5.82 Å². The number of nitrogens with zero attached hydrogens (tertiary/aromatic N) is 4. The highest BCUT2D eigenvalue weighted by atomic mass is 16.5. The Morgan fingerprint density at radius 3 is 2.57 bits per heavy atom. The van der Waals surface area contributed by atoms with Gasteiger partial charge in [0.1, 0.15) is 18.0 Å². The van der Waals surface area contributed by atoms with Crippen molar-refractivity contribution >= 4 is 29.0 Å². The number of nitriles is 2. The zero-order valence-electron chi connectivity index (χ0n) is 20.4. The van der Waals surface area contributed by atoms with Gasteiger partial charge in [0.2, 0.25) is 0 Å². The van der Waals surface area contributed by atoms with Crippen LogP contribution in [0.25, 0.3) is 22.9 Å². The molecule has 1 aromatic carbocycles. The number of hydrogen-bond acceptors (Lipinski definition) is 6. The van der Waals surface area contributed by atoms with Gasteiger partial charge in [0.25, 0.3) is 0 Å². The molecule has 0 aliphatic heterocycles. The van der Waals surface area contributed by atoms with Crippen molar-refractivity contribution in [3.05, 3.63) is 80.8 Å². The molecule has 0 atom stereocenters. The number of hydrogen-bond donors (Lipinski definition) is 1. The normalized spacial score (nSPS) is 13.5. The van der Waals surface area contributed by atoms with E-state index in [2.05, 4.69) is 27.8 Å². The number of rotatable bonds is 4. The number of aromatic nitrogens is 2. The van der Waals surface area contributed by atoms with Crippen LogP contribution in [-0.2, 0) is 4.74 Å². The van der Waals surface area contributed by atoms with E-state index >= 15 is 0 Å². The maximum absolute atomic E-state index is 12.2. The molecule has 1 aliphatic carbocycles. The first-order valence-corrected chi connectivity index (χ1v) is 11.2. The van der Waals surface area contributed by atoms with Crippen molar-refractivity contribution in [3.63, 3.8) is 0 Å². The summed E-state index contributed by atoms with van der Waals surface area (Å²) >= 11 is 0. The summed E-state index contributed by atoms with van der Waals surface area (Å²) < 4.78 is 7.22. The van der Waals surface area contributed by atoms with E-state index in [1.54, 1.807) is 13.0 Å². The highest BCUT2D eigenvalue weighted by Gasteiger charge is 2.30. The molecule has 0 saturated carbocycles. The summed E-state index contributed by atoms with van der Waals surface area (Å²) in [5.74, 6) is -0.229. The van der Waals surface area contributed by atoms with Crippen LogP contribution >= 0.6 is 0 Å². The Hall–Kier alpha value is -4.62. The summed E-state index contributed by atoms with van der Waals surface area (Å²) in [4.78, 5) is 16.6. The van der Waals surface area contributed by atoms with E-state index in [-0.39, 0.29) is 11.8 Å². The first-order chi connectivity index (χ1) is 16.7. The Bertz CT molecular complexity index is 1540. The second-order valence-corrected chi connectivity index (χ2v) is 8.43. The third-order valence-corrected chi connectivity index (χ3v) is 6.37. The van der Waals surface area contributed by atoms with Gasteiger partial charge in [-0.05, 0) is 87.2 Å². The van der Waals surface area contributed by atoms with Crippen molar-refractivity contribution < 1.29 is 9.53 Å². The van der Waals surface area contributed by atoms with E-state index in [0.29, 0.717) is 34.6 Å². The lowest BCUT2D eigenvalue weighted by Crippen LogP contribution is -2.06. The highest BCUT2D eigenvalue weighted by molar-refractivity contribution is 6.08. The molecule has 0 spiro atoms. The van der Waals surface area contributed by atoms with Crippen molar-refractivity contribution in [1.82, 2.24) is 9.55 Å². The highest BCUT2D eigenvalue weighted by Crippen LogP contribution is 2.44. The van der Waals surface area contributed by atoms with Crippen LogP contribution in [-0.4, -0.2) is 22.1 Å². The second-order valence-electron chi connectivity index (χ2n) is 8.43. The van der Waals surface area contributed by atoms with Crippen LogP contribution in [0.1, 0.15) is 63.5 Å². The van der Waals surface area contributed by atoms with Crippen LogP contribution in [0.3, 0.4) is 0 Å². The van der Waals surface area contributed by atoms with E-state index in [4.69, 9.17) is 10.5 Å². The van der Waals surface area contributed by atoms with Gasteiger partial charge in [-0.3, -0.25) is 0 Å². The molecular formula is C28H25N5O2. The number of pyridine rings is 1. The minimum atomic E-state index is -0.359. The predicted molar refractivity (Wildman–Crippen MR) is 135 cm³/mol. The summed E-state index contributed by atoms with van der Waals surface area (Å²) in [5, 5.41) is 19.4. The third-order valence-electron chi connectivity index (χ3n) is 6.37. The lowest BCUT2D eigenvalue weighted by Gasteiger charge is -2.12. The molecule has 7 nitrogen and oxygen atoms in total. The molecule has 0 radical (unpaired) electrons. The minimum absolute atomic E-state index is 0.130. The number of anilines is 1. The average molecular weight is 464 g/mol. The SMILES string of the molecule is CCOC(=O)c1cccc(-n2c(C)cc(/C=C3/C(C)=C(C#N)c4nc(N)c(C#N)c(C)c43)c2C)c1. The third kappa shape index (κ3) is 3.78. The number of esters is 1. The molecule has 2 heterocycles. The topological polar surface area (TPSA) is 118 Å². The van der Waals surface area contributed by atoms with Crippen LogP contribution < -0.4 is 5.73 Å². The van der Waals surface area contributed by atoms with E-state index in [1.807, 2.05) is 52.0 Å². The van der Waals surface area contributed by atoms with E-state index in [9.17, 15) is 15.3 Å². The monoisotopic (exact) mass is 463 g/mol. The van der Waals surface area contributed by atoms with Crippen molar-refractivity contribution in [3.8, 4) is 17.8 Å². The second kappa shape index (κ2) is 8.96. The standard InChI is InChI=1S/C28H25N5O2/c1-6-35-28(34)19-8-7-9-21(11-19)33-15(2)10-20(18(33)5)12-22-16(3)23(13-29)26-25(22)17(4)24(14-30)27(31)32-26/h7-12H,6H2,1-5H3,(H2,31,32)/b22-12-. The smallest absolute Gasteiger partial charge is 0.338 e. The Balaban J connectivity index is 1.89. The molecule has 0 bridgehead atoms. The molecule has 0 fully saturated rings. The van der Waals surface area contributed by atoms with Crippen molar-refractivity contribution in [2.45, 2.75) is 34.6 Å². The zero-order valence-corrected chi connectivity index (χ0v) is 20.4. The average Bonchev–Trinajstić information content (AvgIpc) is 3.26. The maximum atomic E-state index is 12.2. The van der Waals surface area contributed by atoms with E-state index in [0.717, 1.165) is 39.3 Å². The molecule has 174 valence electrons. The lowest BCUT2D eigenvalue weighted by molar-refractivity contribution is 0.0526. The Morgan fingerprint density at radius 2 is 1.91 bits per heavy atom. The molecular weight excluding hydrogens is 438 g/mol. The lowest BCUT2D eigenvalue weighted by atomic mass is 9.95. The number of fused-ring (bicyclic) bond motifs is 1. The van der Waals surface area contributed by atoms with Gasteiger partial charge in [-0.25, -0.2) is 9.78 Å². The summed E-state index contributed by atoms with van der Waals surface area (Å²) in [7, 11) is 0. The quantitative estimate of drug-likeness (QED) is 0.526. The fourth-order valence-corrected chi connectivity index (χ4v) is 4.67. The summed E-state index contributed by atoms with van der Waals surface area (Å²) in [6.45, 7) is 9.82. The van der Waals surface area contributed by atoms with Gasteiger partial charge in [-0.1, -0.05) is 6.07 Å². The number of carbonyl (C=O) groups excluding carboxylic acids is 1. The van der Waals surface area contributed by atoms with Gasteiger partial charge in [-0.2, -0.15) is 10.5 Å². The Kier molecular flexibility index (Phi) is 6.03. The first-order valence-electron chi connectivity index (χ1n) is 11.2. The minimum Gasteiger partial charge on any atom is -0.462 e. The van der Waals surface area contributed by atoms with Crippen LogP contribution in [0, 0.1) is 43.4 Å². The molecule has 3 aromatic rings. The molecule has 1 aliphatic rings. The van der Waals surface area contributed by atoms with Gasteiger partial charge in [0.05, 0.1) is 29.0 Å². The molecule has 0 unspecified atom stereocenters. The zero-order chi connectivity index (χ0) is 25.4. The Morgan fingerprint density at radius 1 is 1.17 bits per heavy atom. The molecule has 2 aromatic heterocycles. The first kappa shape index (κ1) is 23.5. The summed E-state index contributed by atoms with van der Waals surface area (Å²) in [5.41, 5.74) is 14.7. The van der Waals surface area contributed by atoms with Gasteiger partial charge in [-0.15, -0.1) is 0 Å². The van der Waals surface area contributed by atoms with Crippen molar-refractivity contribution in [2.24, 2.45) is 0 Å². The number of carbonyl (C=O) groups is 1. The number of nitrogen functional groups attached to an aromatic ring is 1. The number of aryl methyl sites for hydroxylation is 1. The summed E-state index contributed by atoms with van der Waals surface area (Å²) in [6, 6.07) is 13.8. The fourth-order valence-electron chi connectivity index (χ4n) is 4.67. The number of ether oxygens (including phenoxy) is 1. The molecule has 4 rings (SSSR count). The number of benzene rings is 1. The van der Waals surface area contributed by atoms with Gasteiger partial charge in [0, 0.05) is 22.6 Å². The van der Waals surface area contributed by atoms with Crippen LogP contribution in [0.5, 0.6) is 0 Å². The Labute approximate surface area is 204 Å². The summed E-state index contributed by atoms with van der Waals surface area (Å²) in [6.07, 6.45) is 2.03. The molecule has 35 heavy (non-hydrogen) atoms. The number of allylic oxidation sites excluding steroid dienone is 3. The van der Waals surface area contributed by atoms with E-state index in [1.165, 1.54) is 0 Å². The van der Waals surface area contributed by atoms with Gasteiger partial charge < -0.3 is 15.0 Å². The molecule has 0 saturated heterocycles. The molecule has 2 N–H and O–H groups in total. The maximum Gasteiger partial charge on any atom is 0.338 e. The largest absolute Gasteiger partial charge is 0.462 e. The predicted octanol–water partition coefficient (Wildman–Crippen LogP) is 5.28.